The molecule has 1 aliphatic rings. The van der Waals surface area contributed by atoms with E-state index in [4.69, 9.17) is 0 Å². The zero-order chi connectivity index (χ0) is 10.4. The van der Waals surface area contributed by atoms with Crippen LogP contribution >= 0.6 is 0 Å². The van der Waals surface area contributed by atoms with Crippen LogP contribution in [0.1, 0.15) is 46.5 Å². The molecule has 0 bridgehead atoms. The van der Waals surface area contributed by atoms with E-state index >= 15 is 0 Å². The predicted octanol–water partition coefficient (Wildman–Crippen LogP) is 2.25. The maximum atomic E-state index is 3.62. The first-order chi connectivity index (χ1) is 6.74. The Morgan fingerprint density at radius 1 is 1.36 bits per heavy atom. The summed E-state index contributed by atoms with van der Waals surface area (Å²) in [7, 11) is 0. The van der Waals surface area contributed by atoms with Crippen LogP contribution in [-0.4, -0.2) is 36.6 Å². The van der Waals surface area contributed by atoms with Gasteiger partial charge in [-0.05, 0) is 46.2 Å². The molecule has 0 spiro atoms. The molecular formula is C12H26N2. The predicted molar refractivity (Wildman–Crippen MR) is 62.6 cm³/mol. The first-order valence-electron chi connectivity index (χ1n) is 6.21. The van der Waals surface area contributed by atoms with E-state index in [0.717, 1.165) is 6.04 Å². The Labute approximate surface area is 89.1 Å². The summed E-state index contributed by atoms with van der Waals surface area (Å²) in [6.45, 7) is 10.6. The summed E-state index contributed by atoms with van der Waals surface area (Å²) in [5.41, 5.74) is 0. The van der Waals surface area contributed by atoms with E-state index in [2.05, 4.69) is 31.0 Å². The van der Waals surface area contributed by atoms with Crippen LogP contribution in [-0.2, 0) is 0 Å². The molecule has 14 heavy (non-hydrogen) atoms. The molecule has 1 N–H and O–H groups in total. The molecule has 0 radical (unpaired) electrons. The lowest BCUT2D eigenvalue weighted by molar-refractivity contribution is 0.185. The Balaban J connectivity index is 2.29. The summed E-state index contributed by atoms with van der Waals surface area (Å²) >= 11 is 0. The molecule has 2 nitrogen and oxygen atoms in total. The number of rotatable bonds is 5. The largest absolute Gasteiger partial charge is 0.313 e. The first-order valence-corrected chi connectivity index (χ1v) is 6.21. The van der Waals surface area contributed by atoms with E-state index in [9.17, 15) is 0 Å². The Bertz CT molecular complexity index is 139. The van der Waals surface area contributed by atoms with Gasteiger partial charge in [0.15, 0.2) is 0 Å². The van der Waals surface area contributed by atoms with Crippen molar-refractivity contribution in [3.8, 4) is 0 Å². The van der Waals surface area contributed by atoms with Gasteiger partial charge in [0.05, 0.1) is 0 Å². The fourth-order valence-corrected chi connectivity index (χ4v) is 2.21. The Morgan fingerprint density at radius 3 is 2.64 bits per heavy atom. The van der Waals surface area contributed by atoms with Crippen LogP contribution in [0.15, 0.2) is 0 Å². The van der Waals surface area contributed by atoms with E-state index in [-0.39, 0.29) is 0 Å². The molecule has 0 aromatic rings. The van der Waals surface area contributed by atoms with Gasteiger partial charge in [-0.3, -0.25) is 4.90 Å². The summed E-state index contributed by atoms with van der Waals surface area (Å²) in [5.74, 6) is 0. The number of nitrogens with zero attached hydrogens (tertiary/aromatic N) is 1. The molecule has 1 heterocycles. The molecule has 84 valence electrons. The third kappa shape index (κ3) is 3.97. The minimum Gasteiger partial charge on any atom is -0.313 e. The Kier molecular flexibility index (Phi) is 5.49. The smallest absolute Gasteiger partial charge is 0.0195 e. The van der Waals surface area contributed by atoms with Gasteiger partial charge >= 0.3 is 0 Å². The molecule has 1 unspecified atom stereocenters. The number of hydrogen-bond donors (Lipinski definition) is 1. The summed E-state index contributed by atoms with van der Waals surface area (Å²) in [4.78, 5) is 2.60. The van der Waals surface area contributed by atoms with Crippen molar-refractivity contribution in [3.05, 3.63) is 0 Å². The van der Waals surface area contributed by atoms with Gasteiger partial charge in [-0.2, -0.15) is 0 Å². The fourth-order valence-electron chi connectivity index (χ4n) is 2.21. The van der Waals surface area contributed by atoms with Crippen LogP contribution in [0.25, 0.3) is 0 Å². The maximum Gasteiger partial charge on any atom is 0.0195 e. The molecule has 2 heteroatoms. The monoisotopic (exact) mass is 198 g/mol. The van der Waals surface area contributed by atoms with E-state index in [1.165, 1.54) is 45.3 Å². The normalized spacial score (nSPS) is 23.4. The zero-order valence-corrected chi connectivity index (χ0v) is 10.1. The Morgan fingerprint density at radius 2 is 2.14 bits per heavy atom. The molecule has 0 aliphatic carbocycles. The van der Waals surface area contributed by atoms with Gasteiger partial charge in [0.2, 0.25) is 0 Å². The summed E-state index contributed by atoms with van der Waals surface area (Å²) in [5, 5.41) is 3.62. The van der Waals surface area contributed by atoms with Gasteiger partial charge in [0.1, 0.15) is 0 Å². The molecule has 1 rings (SSSR count). The Hall–Kier alpha value is -0.0800. The van der Waals surface area contributed by atoms with Crippen LogP contribution in [0.2, 0.25) is 0 Å². The molecule has 1 saturated heterocycles. The lowest BCUT2D eigenvalue weighted by Gasteiger charge is -2.32. The second-order valence-electron chi connectivity index (χ2n) is 4.74. The molecular weight excluding hydrogens is 172 g/mol. The molecule has 0 aromatic carbocycles. The van der Waals surface area contributed by atoms with E-state index in [1.54, 1.807) is 0 Å². The van der Waals surface area contributed by atoms with Crippen LogP contribution in [0.3, 0.4) is 0 Å². The second kappa shape index (κ2) is 6.41. The molecule has 0 aromatic heterocycles. The van der Waals surface area contributed by atoms with Crippen molar-refractivity contribution in [3.63, 3.8) is 0 Å². The second-order valence-corrected chi connectivity index (χ2v) is 4.74. The lowest BCUT2D eigenvalue weighted by Crippen LogP contribution is -2.46. The summed E-state index contributed by atoms with van der Waals surface area (Å²) in [6, 6.07) is 1.44. The highest BCUT2D eigenvalue weighted by Gasteiger charge is 2.17. The third-order valence-corrected chi connectivity index (χ3v) is 3.11. The molecule has 1 atom stereocenters. The van der Waals surface area contributed by atoms with Crippen molar-refractivity contribution in [1.82, 2.24) is 10.2 Å². The molecule has 0 saturated carbocycles. The van der Waals surface area contributed by atoms with Gasteiger partial charge in [-0.1, -0.05) is 13.3 Å². The summed E-state index contributed by atoms with van der Waals surface area (Å²) < 4.78 is 0. The minimum atomic E-state index is 0.693. The van der Waals surface area contributed by atoms with Crippen LogP contribution in [0, 0.1) is 0 Å². The van der Waals surface area contributed by atoms with Gasteiger partial charge in [0.25, 0.3) is 0 Å². The quantitative estimate of drug-likeness (QED) is 0.729. The molecule has 0 amide bonds. The van der Waals surface area contributed by atoms with E-state index in [0.29, 0.717) is 6.04 Å². The van der Waals surface area contributed by atoms with Gasteiger partial charge in [0, 0.05) is 18.6 Å². The van der Waals surface area contributed by atoms with Crippen molar-refractivity contribution in [1.29, 1.82) is 0 Å². The topological polar surface area (TPSA) is 15.3 Å². The highest BCUT2D eigenvalue weighted by Crippen LogP contribution is 2.10. The van der Waals surface area contributed by atoms with Crippen LogP contribution < -0.4 is 5.32 Å². The van der Waals surface area contributed by atoms with Crippen molar-refractivity contribution in [2.24, 2.45) is 0 Å². The highest BCUT2D eigenvalue weighted by atomic mass is 15.2. The average Bonchev–Trinajstić information content (AvgIpc) is 2.18. The van der Waals surface area contributed by atoms with Gasteiger partial charge in [-0.15, -0.1) is 0 Å². The van der Waals surface area contributed by atoms with Crippen molar-refractivity contribution in [2.45, 2.75) is 58.5 Å². The number of piperidine rings is 1. The average molecular weight is 198 g/mol. The molecule has 1 aliphatic heterocycles. The van der Waals surface area contributed by atoms with Gasteiger partial charge < -0.3 is 5.32 Å². The minimum absolute atomic E-state index is 0.693. The van der Waals surface area contributed by atoms with Crippen LogP contribution in [0.5, 0.6) is 0 Å². The van der Waals surface area contributed by atoms with E-state index < -0.39 is 0 Å². The zero-order valence-electron chi connectivity index (χ0n) is 10.1. The maximum absolute atomic E-state index is 3.62. The highest BCUT2D eigenvalue weighted by molar-refractivity contribution is 4.77. The lowest BCUT2D eigenvalue weighted by atomic mass is 10.0. The SMILES string of the molecule is CCCN(CC1CCCCN1)C(C)C. The van der Waals surface area contributed by atoms with Gasteiger partial charge in [-0.25, -0.2) is 0 Å². The van der Waals surface area contributed by atoms with Crippen molar-refractivity contribution < 1.29 is 0 Å². The number of hydrogen-bond acceptors (Lipinski definition) is 2. The third-order valence-electron chi connectivity index (χ3n) is 3.11. The first kappa shape index (κ1) is 12.0. The molecule has 1 fully saturated rings. The standard InChI is InChI=1S/C12H26N2/c1-4-9-14(11(2)3)10-12-7-5-6-8-13-12/h11-13H,4-10H2,1-3H3. The fraction of sp³-hybridized carbons (Fsp3) is 1.00. The van der Waals surface area contributed by atoms with Crippen molar-refractivity contribution >= 4 is 0 Å². The van der Waals surface area contributed by atoms with Crippen LogP contribution in [0.4, 0.5) is 0 Å². The number of nitrogens with one attached hydrogen (secondary N) is 1. The van der Waals surface area contributed by atoms with Crippen molar-refractivity contribution in [2.75, 3.05) is 19.6 Å². The summed E-state index contributed by atoms with van der Waals surface area (Å²) in [6.07, 6.45) is 5.42. The van der Waals surface area contributed by atoms with E-state index in [1.807, 2.05) is 0 Å².